The molecule has 7 nitrogen and oxygen atoms in total. The molecule has 0 aliphatic carbocycles. The number of fused-ring (bicyclic) bond motifs is 1. The number of aromatic nitrogens is 2. The van der Waals surface area contributed by atoms with Gasteiger partial charge in [-0.3, -0.25) is 9.20 Å². The number of anilines is 2. The summed E-state index contributed by atoms with van der Waals surface area (Å²) in [6.45, 7) is 6.80. The van der Waals surface area contributed by atoms with Crippen LogP contribution in [0.2, 0.25) is 0 Å². The molecular formula is C20H23N5O2. The highest BCUT2D eigenvalue weighted by Gasteiger charge is 2.17. The van der Waals surface area contributed by atoms with Gasteiger partial charge in [0.05, 0.1) is 18.9 Å². The third-order valence-electron chi connectivity index (χ3n) is 4.72. The fraction of sp³-hybridized carbons (Fsp3) is 0.350. The zero-order valence-electron chi connectivity index (χ0n) is 15.6. The number of hydrogen-bond donors (Lipinski definition) is 1. The lowest BCUT2D eigenvalue weighted by atomic mass is 10.1. The fourth-order valence-electron chi connectivity index (χ4n) is 3.27. The number of aryl methyl sites for hydroxylation is 1. The van der Waals surface area contributed by atoms with E-state index in [1.807, 2.05) is 31.3 Å². The molecule has 2 aliphatic heterocycles. The van der Waals surface area contributed by atoms with E-state index in [0.29, 0.717) is 24.7 Å². The highest BCUT2D eigenvalue weighted by Crippen LogP contribution is 2.21. The van der Waals surface area contributed by atoms with Gasteiger partial charge >= 0.3 is 0 Å². The third kappa shape index (κ3) is 3.64. The summed E-state index contributed by atoms with van der Waals surface area (Å²) in [5.41, 5.74) is 2.25. The van der Waals surface area contributed by atoms with E-state index in [0.717, 1.165) is 30.2 Å². The standard InChI is InChI=1S/C20H23N5O2/c1-14-11-16(22-19-15(2)5-3-4-6-21-19)20-23-17(12-18(26)25(20)13-14)24-7-9-27-10-8-24/h3-6,11-13,15H,7-10H2,1-2H3,(H,21,22). The molecule has 27 heavy (non-hydrogen) atoms. The molecule has 0 spiro atoms. The van der Waals surface area contributed by atoms with E-state index in [1.165, 1.54) is 0 Å². The largest absolute Gasteiger partial charge is 0.378 e. The van der Waals surface area contributed by atoms with Crippen molar-refractivity contribution in [3.8, 4) is 0 Å². The van der Waals surface area contributed by atoms with Gasteiger partial charge in [-0.25, -0.2) is 9.98 Å². The van der Waals surface area contributed by atoms with Gasteiger partial charge in [-0.15, -0.1) is 0 Å². The van der Waals surface area contributed by atoms with E-state index in [1.54, 1.807) is 16.7 Å². The van der Waals surface area contributed by atoms with Crippen molar-refractivity contribution in [3.63, 3.8) is 0 Å². The fourth-order valence-corrected chi connectivity index (χ4v) is 3.27. The molecule has 1 N–H and O–H groups in total. The van der Waals surface area contributed by atoms with Crippen molar-refractivity contribution < 1.29 is 4.74 Å². The SMILES string of the molecule is Cc1cc(NC2=NC=CC=CC2C)c2nc(N3CCOCC3)cc(=O)n2c1. The Morgan fingerprint density at radius 2 is 2.04 bits per heavy atom. The van der Waals surface area contributed by atoms with E-state index in [-0.39, 0.29) is 11.5 Å². The van der Waals surface area contributed by atoms with Crippen LogP contribution in [0.25, 0.3) is 5.65 Å². The van der Waals surface area contributed by atoms with Gasteiger partial charge in [-0.2, -0.15) is 0 Å². The first-order valence-corrected chi connectivity index (χ1v) is 9.16. The Morgan fingerprint density at radius 1 is 1.22 bits per heavy atom. The summed E-state index contributed by atoms with van der Waals surface area (Å²) in [6.07, 6.45) is 9.54. The smallest absolute Gasteiger partial charge is 0.260 e. The van der Waals surface area contributed by atoms with Crippen molar-refractivity contribution in [2.24, 2.45) is 10.9 Å². The van der Waals surface area contributed by atoms with Crippen LogP contribution in [-0.2, 0) is 4.74 Å². The molecule has 0 bridgehead atoms. The molecule has 2 aromatic heterocycles. The van der Waals surface area contributed by atoms with Crippen molar-refractivity contribution in [1.29, 1.82) is 0 Å². The average Bonchev–Trinajstić information content (AvgIpc) is 2.87. The molecule has 0 radical (unpaired) electrons. The van der Waals surface area contributed by atoms with Crippen LogP contribution in [0.4, 0.5) is 11.5 Å². The van der Waals surface area contributed by atoms with Gasteiger partial charge < -0.3 is 15.0 Å². The Balaban J connectivity index is 1.80. The van der Waals surface area contributed by atoms with Crippen LogP contribution in [0.5, 0.6) is 0 Å². The molecule has 4 heterocycles. The molecule has 2 aromatic rings. The van der Waals surface area contributed by atoms with E-state index in [4.69, 9.17) is 9.72 Å². The first-order chi connectivity index (χ1) is 13.1. The minimum Gasteiger partial charge on any atom is -0.378 e. The van der Waals surface area contributed by atoms with Gasteiger partial charge in [0.15, 0.2) is 5.65 Å². The summed E-state index contributed by atoms with van der Waals surface area (Å²) < 4.78 is 7.00. The summed E-state index contributed by atoms with van der Waals surface area (Å²) in [4.78, 5) is 24.1. The molecule has 2 aliphatic rings. The van der Waals surface area contributed by atoms with E-state index in [2.05, 4.69) is 28.2 Å². The Hall–Kier alpha value is -2.93. The Kier molecular flexibility index (Phi) is 4.77. The number of nitrogens with zero attached hydrogens (tertiary/aromatic N) is 4. The molecule has 4 rings (SSSR count). The number of hydrogen-bond acceptors (Lipinski definition) is 6. The number of rotatable bonds is 2. The maximum absolute atomic E-state index is 12.7. The minimum atomic E-state index is -0.0936. The molecule has 1 fully saturated rings. The predicted octanol–water partition coefficient (Wildman–Crippen LogP) is 2.37. The Labute approximate surface area is 157 Å². The second-order valence-electron chi connectivity index (χ2n) is 6.83. The van der Waals surface area contributed by atoms with Gasteiger partial charge in [0, 0.05) is 37.5 Å². The monoisotopic (exact) mass is 365 g/mol. The van der Waals surface area contributed by atoms with Crippen molar-refractivity contribution in [1.82, 2.24) is 9.38 Å². The van der Waals surface area contributed by atoms with E-state index in [9.17, 15) is 4.79 Å². The lowest BCUT2D eigenvalue weighted by Crippen LogP contribution is -2.37. The molecule has 140 valence electrons. The molecule has 0 saturated carbocycles. The number of pyridine rings is 1. The number of ether oxygens (including phenoxy) is 1. The molecule has 0 amide bonds. The maximum Gasteiger partial charge on any atom is 0.260 e. The van der Waals surface area contributed by atoms with Crippen LogP contribution < -0.4 is 15.8 Å². The van der Waals surface area contributed by atoms with Gasteiger partial charge in [-0.1, -0.05) is 19.1 Å². The second-order valence-corrected chi connectivity index (χ2v) is 6.83. The van der Waals surface area contributed by atoms with E-state index >= 15 is 0 Å². The lowest BCUT2D eigenvalue weighted by Gasteiger charge is -2.28. The third-order valence-corrected chi connectivity index (χ3v) is 4.72. The van der Waals surface area contributed by atoms with E-state index < -0.39 is 0 Å². The van der Waals surface area contributed by atoms with Crippen molar-refractivity contribution in [2.45, 2.75) is 13.8 Å². The van der Waals surface area contributed by atoms with Gasteiger partial charge in [0.1, 0.15) is 11.7 Å². The van der Waals surface area contributed by atoms with Crippen molar-refractivity contribution in [2.75, 3.05) is 36.5 Å². The van der Waals surface area contributed by atoms with Crippen LogP contribution in [-0.4, -0.2) is 41.5 Å². The second kappa shape index (κ2) is 7.36. The molecule has 1 unspecified atom stereocenters. The van der Waals surface area contributed by atoms with Crippen molar-refractivity contribution >= 4 is 23.0 Å². The first kappa shape index (κ1) is 17.5. The number of nitrogens with one attached hydrogen (secondary N) is 1. The van der Waals surface area contributed by atoms with Crippen LogP contribution in [0.1, 0.15) is 12.5 Å². The highest BCUT2D eigenvalue weighted by atomic mass is 16.5. The zero-order valence-corrected chi connectivity index (χ0v) is 15.6. The summed E-state index contributed by atoms with van der Waals surface area (Å²) in [6, 6.07) is 3.59. The molecule has 0 aromatic carbocycles. The first-order valence-electron chi connectivity index (χ1n) is 9.16. The summed E-state index contributed by atoms with van der Waals surface area (Å²) >= 11 is 0. The average molecular weight is 365 g/mol. The molecule has 1 saturated heterocycles. The number of allylic oxidation sites excluding steroid dienone is 2. The number of aliphatic imine (C=N–C) groups is 1. The topological polar surface area (TPSA) is 71.2 Å². The summed E-state index contributed by atoms with van der Waals surface area (Å²) in [5.74, 6) is 1.64. The quantitative estimate of drug-likeness (QED) is 0.885. The van der Waals surface area contributed by atoms with Crippen molar-refractivity contribution in [3.05, 3.63) is 58.7 Å². The number of morpholine rings is 1. The van der Waals surface area contributed by atoms with Gasteiger partial charge in [-0.05, 0) is 24.6 Å². The Morgan fingerprint density at radius 3 is 2.85 bits per heavy atom. The van der Waals surface area contributed by atoms with Crippen LogP contribution >= 0.6 is 0 Å². The van der Waals surface area contributed by atoms with Crippen LogP contribution in [0, 0.1) is 12.8 Å². The molecular weight excluding hydrogens is 342 g/mol. The summed E-state index contributed by atoms with van der Waals surface area (Å²) in [7, 11) is 0. The molecule has 7 heteroatoms. The normalized spacial score (nSPS) is 19.9. The minimum absolute atomic E-state index is 0.0936. The lowest BCUT2D eigenvalue weighted by molar-refractivity contribution is 0.122. The Bertz CT molecular complexity index is 999. The van der Waals surface area contributed by atoms with Crippen LogP contribution in [0.15, 0.2) is 52.5 Å². The number of amidine groups is 1. The summed E-state index contributed by atoms with van der Waals surface area (Å²) in [5, 5.41) is 3.39. The zero-order chi connectivity index (χ0) is 18.8. The molecule has 1 atom stereocenters. The predicted molar refractivity (Wildman–Crippen MR) is 108 cm³/mol. The highest BCUT2D eigenvalue weighted by molar-refractivity contribution is 6.01. The van der Waals surface area contributed by atoms with Crippen LogP contribution in [0.3, 0.4) is 0 Å². The maximum atomic E-state index is 12.7. The van der Waals surface area contributed by atoms with Gasteiger partial charge in [0.2, 0.25) is 0 Å². The van der Waals surface area contributed by atoms with Gasteiger partial charge in [0.25, 0.3) is 5.56 Å².